The van der Waals surface area contributed by atoms with Gasteiger partial charge in [-0.05, 0) is 82.5 Å². The van der Waals surface area contributed by atoms with Gasteiger partial charge in [-0.3, -0.25) is 4.79 Å². The van der Waals surface area contributed by atoms with Crippen LogP contribution in [0.25, 0.3) is 0 Å². The van der Waals surface area contributed by atoms with Gasteiger partial charge in [-0.25, -0.2) is 0 Å². The fraction of sp³-hybridized carbons (Fsp3) is 0.519. The van der Waals surface area contributed by atoms with Gasteiger partial charge in [-0.1, -0.05) is 48.0 Å². The second-order valence-electron chi connectivity index (χ2n) is 10.9. The van der Waals surface area contributed by atoms with Crippen LogP contribution in [0.1, 0.15) is 62.8 Å². The summed E-state index contributed by atoms with van der Waals surface area (Å²) in [5, 5.41) is 0. The third-order valence-corrected chi connectivity index (χ3v) is 7.83. The number of fused-ring (bicyclic) bond motifs is 1. The first-order valence-electron chi connectivity index (χ1n) is 12.0. The Kier molecular flexibility index (Phi) is 5.26. The van der Waals surface area contributed by atoms with Crippen molar-refractivity contribution in [1.82, 2.24) is 4.90 Å². The molecule has 3 aliphatic rings. The van der Waals surface area contributed by atoms with Gasteiger partial charge >= 0.3 is 7.12 Å². The lowest BCUT2D eigenvalue weighted by Gasteiger charge is -2.32. The molecule has 0 spiro atoms. The van der Waals surface area contributed by atoms with E-state index in [1.54, 1.807) is 0 Å². The Morgan fingerprint density at radius 1 is 1.00 bits per heavy atom. The molecule has 4 nitrogen and oxygen atoms in total. The number of carbonyl (C=O) groups is 1. The highest BCUT2D eigenvalue weighted by atomic mass is 16.7. The lowest BCUT2D eigenvalue weighted by atomic mass is 9.75. The molecule has 1 heterocycles. The summed E-state index contributed by atoms with van der Waals surface area (Å²) in [6.45, 7) is 11.0. The van der Waals surface area contributed by atoms with E-state index in [-0.39, 0.29) is 12.0 Å². The molecule has 1 saturated heterocycles. The average Bonchev–Trinajstić information content (AvgIpc) is 3.44. The van der Waals surface area contributed by atoms with Crippen molar-refractivity contribution < 1.29 is 14.1 Å². The van der Waals surface area contributed by atoms with Crippen LogP contribution < -0.4 is 5.46 Å². The molecule has 32 heavy (non-hydrogen) atoms. The van der Waals surface area contributed by atoms with Crippen LogP contribution in [0.2, 0.25) is 0 Å². The highest BCUT2D eigenvalue weighted by Crippen LogP contribution is 2.38. The van der Waals surface area contributed by atoms with Crippen molar-refractivity contribution in [2.24, 2.45) is 5.92 Å². The second kappa shape index (κ2) is 7.74. The van der Waals surface area contributed by atoms with Gasteiger partial charge < -0.3 is 14.2 Å². The van der Waals surface area contributed by atoms with E-state index >= 15 is 0 Å². The number of rotatable bonds is 5. The van der Waals surface area contributed by atoms with Gasteiger partial charge in [0.1, 0.15) is 0 Å². The van der Waals surface area contributed by atoms with Gasteiger partial charge in [-0.2, -0.15) is 0 Å². The molecule has 0 atom stereocenters. The summed E-state index contributed by atoms with van der Waals surface area (Å²) in [4.78, 5) is 15.6. The second-order valence-corrected chi connectivity index (χ2v) is 10.9. The Balaban J connectivity index is 1.46. The smallest absolute Gasteiger partial charge is 0.399 e. The number of aryl methyl sites for hydroxylation is 1. The predicted molar refractivity (Wildman–Crippen MR) is 128 cm³/mol. The third-order valence-electron chi connectivity index (χ3n) is 7.83. The SMILES string of the molecule is Cc1ccc(B2OC(C)(C)C(C)(C)O2)c(CN(C(=O)C2CC2)C2Cc3ccccc3C2)c1. The van der Waals surface area contributed by atoms with Gasteiger partial charge in [0.05, 0.1) is 11.2 Å². The van der Waals surface area contributed by atoms with Crippen molar-refractivity contribution in [3.63, 3.8) is 0 Å². The molecular weight excluding hydrogens is 397 g/mol. The summed E-state index contributed by atoms with van der Waals surface area (Å²) in [7, 11) is -0.422. The first kappa shape index (κ1) is 21.7. The normalized spacial score (nSPS) is 21.6. The zero-order chi connectivity index (χ0) is 22.7. The van der Waals surface area contributed by atoms with Crippen molar-refractivity contribution in [3.8, 4) is 0 Å². The maximum Gasteiger partial charge on any atom is 0.495 e. The molecule has 0 radical (unpaired) electrons. The number of amides is 1. The van der Waals surface area contributed by atoms with E-state index in [9.17, 15) is 4.79 Å². The van der Waals surface area contributed by atoms with Crippen molar-refractivity contribution in [2.45, 2.75) is 84.1 Å². The van der Waals surface area contributed by atoms with E-state index < -0.39 is 18.3 Å². The van der Waals surface area contributed by atoms with Crippen LogP contribution in [-0.2, 0) is 33.5 Å². The van der Waals surface area contributed by atoms with Crippen molar-refractivity contribution >= 4 is 18.5 Å². The van der Waals surface area contributed by atoms with Crippen molar-refractivity contribution in [1.29, 1.82) is 0 Å². The zero-order valence-electron chi connectivity index (χ0n) is 20.0. The van der Waals surface area contributed by atoms with Crippen LogP contribution in [0.15, 0.2) is 42.5 Å². The molecule has 0 N–H and O–H groups in total. The first-order chi connectivity index (χ1) is 15.1. The largest absolute Gasteiger partial charge is 0.495 e. The number of hydrogen-bond donors (Lipinski definition) is 0. The number of carbonyl (C=O) groups excluding carboxylic acids is 1. The number of benzene rings is 2. The average molecular weight is 431 g/mol. The van der Waals surface area contributed by atoms with Crippen LogP contribution in [-0.4, -0.2) is 35.2 Å². The molecule has 0 aromatic heterocycles. The summed E-state index contributed by atoms with van der Waals surface area (Å²) in [5.41, 5.74) is 5.33. The molecule has 2 fully saturated rings. The fourth-order valence-corrected chi connectivity index (χ4v) is 4.96. The van der Waals surface area contributed by atoms with Crippen molar-refractivity contribution in [2.75, 3.05) is 0 Å². The Morgan fingerprint density at radius 2 is 1.59 bits per heavy atom. The summed E-state index contributed by atoms with van der Waals surface area (Å²) in [6, 6.07) is 15.3. The minimum atomic E-state index is -0.422. The molecule has 1 amide bonds. The van der Waals surface area contributed by atoms with Gasteiger partial charge in [0.2, 0.25) is 5.91 Å². The van der Waals surface area contributed by atoms with Gasteiger partial charge in [-0.15, -0.1) is 0 Å². The van der Waals surface area contributed by atoms with E-state index in [2.05, 4.69) is 82.0 Å². The standard InChI is InChI=1S/C27H34BNO3/c1-18-10-13-24(28-31-26(2,3)27(4,5)32-28)22(14-18)17-29(25(30)19-11-12-19)23-15-20-8-6-7-9-21(20)16-23/h6-10,13-14,19,23H,11-12,15-17H2,1-5H3. The summed E-state index contributed by atoms with van der Waals surface area (Å²) >= 11 is 0. The maximum absolute atomic E-state index is 13.4. The molecule has 5 heteroatoms. The molecule has 168 valence electrons. The molecule has 0 unspecified atom stereocenters. The monoisotopic (exact) mass is 431 g/mol. The van der Waals surface area contributed by atoms with Crippen LogP contribution in [0.3, 0.4) is 0 Å². The highest BCUT2D eigenvalue weighted by Gasteiger charge is 2.52. The Labute approximate surface area is 192 Å². The Bertz CT molecular complexity index is 1000. The molecule has 2 aromatic rings. The Hall–Kier alpha value is -2.11. The molecule has 1 aliphatic heterocycles. The summed E-state index contributed by atoms with van der Waals surface area (Å²) in [6.07, 6.45) is 3.92. The van der Waals surface area contributed by atoms with E-state index in [1.165, 1.54) is 16.7 Å². The van der Waals surface area contributed by atoms with Crippen LogP contribution in [0.4, 0.5) is 0 Å². The first-order valence-corrected chi connectivity index (χ1v) is 12.0. The molecule has 0 bridgehead atoms. The van der Waals surface area contributed by atoms with Crippen LogP contribution in [0, 0.1) is 12.8 Å². The summed E-state index contributed by atoms with van der Waals surface area (Å²) in [5.74, 6) is 0.507. The van der Waals surface area contributed by atoms with Crippen LogP contribution >= 0.6 is 0 Å². The minimum Gasteiger partial charge on any atom is -0.399 e. The highest BCUT2D eigenvalue weighted by molar-refractivity contribution is 6.62. The van der Waals surface area contributed by atoms with Gasteiger partial charge in [0.15, 0.2) is 0 Å². The van der Waals surface area contributed by atoms with E-state index in [0.717, 1.165) is 36.7 Å². The topological polar surface area (TPSA) is 38.8 Å². The van der Waals surface area contributed by atoms with Gasteiger partial charge in [0.25, 0.3) is 0 Å². The predicted octanol–water partition coefficient (Wildman–Crippen LogP) is 4.20. The lowest BCUT2D eigenvalue weighted by Crippen LogP contribution is -2.44. The quantitative estimate of drug-likeness (QED) is 0.667. The molecule has 1 saturated carbocycles. The summed E-state index contributed by atoms with van der Waals surface area (Å²) < 4.78 is 12.8. The van der Waals surface area contributed by atoms with E-state index in [1.807, 2.05) is 0 Å². The third kappa shape index (κ3) is 3.90. The molecule has 2 aromatic carbocycles. The van der Waals surface area contributed by atoms with Gasteiger partial charge in [0, 0.05) is 18.5 Å². The van der Waals surface area contributed by atoms with E-state index in [4.69, 9.17) is 9.31 Å². The number of nitrogens with zero attached hydrogens (tertiary/aromatic N) is 1. The van der Waals surface area contributed by atoms with Crippen molar-refractivity contribution in [3.05, 3.63) is 64.7 Å². The molecular formula is C27H34BNO3. The lowest BCUT2D eigenvalue weighted by molar-refractivity contribution is -0.135. The Morgan fingerprint density at radius 3 is 2.16 bits per heavy atom. The fourth-order valence-electron chi connectivity index (χ4n) is 4.96. The maximum atomic E-state index is 13.4. The molecule has 5 rings (SSSR count). The number of hydrogen-bond acceptors (Lipinski definition) is 3. The minimum absolute atomic E-state index is 0.198. The van der Waals surface area contributed by atoms with Crippen LogP contribution in [0.5, 0.6) is 0 Å². The van der Waals surface area contributed by atoms with E-state index in [0.29, 0.717) is 12.5 Å². The zero-order valence-corrected chi connectivity index (χ0v) is 20.0. The molecule has 2 aliphatic carbocycles.